The molecule has 3 aromatic carbocycles. The van der Waals surface area contributed by atoms with Gasteiger partial charge in [-0.15, -0.1) is 0 Å². The van der Waals surface area contributed by atoms with Crippen LogP contribution in [-0.4, -0.2) is 5.66 Å². The van der Waals surface area contributed by atoms with E-state index in [0.29, 0.717) is 5.66 Å². The van der Waals surface area contributed by atoms with Gasteiger partial charge in [0, 0.05) is 0 Å². The molecule has 1 heteroatoms. The third kappa shape index (κ3) is 3.55. The summed E-state index contributed by atoms with van der Waals surface area (Å²) >= 11 is 0. The second-order valence-electron chi connectivity index (χ2n) is 6.95. The molecule has 0 nitrogen and oxygen atoms in total. The van der Waals surface area contributed by atoms with E-state index in [1.165, 1.54) is 35.2 Å². The molecule has 0 fully saturated rings. The number of hydrogen-bond acceptors (Lipinski definition) is 0. The van der Waals surface area contributed by atoms with E-state index in [2.05, 4.69) is 105 Å². The van der Waals surface area contributed by atoms with Crippen LogP contribution in [0.25, 0.3) is 0 Å². The van der Waals surface area contributed by atoms with Crippen molar-refractivity contribution >= 4 is 23.2 Å². The van der Waals surface area contributed by atoms with E-state index in [1.54, 1.807) is 0 Å². The van der Waals surface area contributed by atoms with Crippen LogP contribution >= 0.6 is 7.26 Å². The van der Waals surface area contributed by atoms with Crippen LogP contribution in [0.15, 0.2) is 91.0 Å². The summed E-state index contributed by atoms with van der Waals surface area (Å²) in [6, 6.07) is 33.8. The van der Waals surface area contributed by atoms with E-state index in [1.807, 2.05) is 0 Å². The second-order valence-corrected chi connectivity index (χ2v) is 11.3. The third-order valence-electron chi connectivity index (χ3n) is 5.42. The van der Waals surface area contributed by atoms with Gasteiger partial charge < -0.3 is 0 Å². The van der Waals surface area contributed by atoms with Crippen LogP contribution < -0.4 is 15.9 Å². The quantitative estimate of drug-likeness (QED) is 0.509. The van der Waals surface area contributed by atoms with Gasteiger partial charge in [-0.05, 0) is 0 Å². The van der Waals surface area contributed by atoms with Crippen LogP contribution in [-0.2, 0) is 0 Å². The van der Waals surface area contributed by atoms with Crippen LogP contribution in [0, 0.1) is 0 Å². The normalized spacial score (nSPS) is 13.4. The number of unbranched alkanes of at least 4 members (excludes halogenated alkanes) is 1. The van der Waals surface area contributed by atoms with Gasteiger partial charge in [-0.3, -0.25) is 0 Å². The van der Waals surface area contributed by atoms with Crippen LogP contribution in [0.1, 0.15) is 33.1 Å². The first-order chi connectivity index (χ1) is 12.3. The summed E-state index contributed by atoms with van der Waals surface area (Å²) in [6.45, 7) is 4.78. The monoisotopic (exact) mass is 348 g/mol. The van der Waals surface area contributed by atoms with Crippen molar-refractivity contribution in [2.24, 2.45) is 0 Å². The van der Waals surface area contributed by atoms with Crippen LogP contribution in [0.2, 0.25) is 0 Å². The molecule has 0 aromatic heterocycles. The number of rotatable bonds is 7. The third-order valence-corrected chi connectivity index (χ3v) is 10.9. The van der Waals surface area contributed by atoms with Gasteiger partial charge in [-0.2, -0.15) is 0 Å². The minimum atomic E-state index is -2.06. The summed E-state index contributed by atoms with van der Waals surface area (Å²) in [6.07, 6.45) is 3.83. The Morgan fingerprint density at radius 3 is 1.32 bits per heavy atom. The molecular formula is C24H29P. The first-order valence-electron chi connectivity index (χ1n) is 9.46. The maximum absolute atomic E-state index is 2.48. The fourth-order valence-electron chi connectivity index (χ4n) is 4.18. The Hall–Kier alpha value is -1.91. The maximum atomic E-state index is 2.48. The van der Waals surface area contributed by atoms with Crippen LogP contribution in [0.5, 0.6) is 0 Å². The fraction of sp³-hybridized carbons (Fsp3) is 0.250. The molecule has 1 atom stereocenters. The Morgan fingerprint density at radius 2 is 1.00 bits per heavy atom. The SMILES string of the molecule is CCCCC(C)[PH](c1ccccc1)(c1ccccc1)c1ccccc1. The molecule has 25 heavy (non-hydrogen) atoms. The molecule has 3 rings (SSSR count). The summed E-state index contributed by atoms with van der Waals surface area (Å²) < 4.78 is 0. The molecule has 0 aliphatic rings. The van der Waals surface area contributed by atoms with E-state index >= 15 is 0 Å². The summed E-state index contributed by atoms with van der Waals surface area (Å²) in [5, 5.41) is 4.57. The van der Waals surface area contributed by atoms with Gasteiger partial charge in [-0.1, -0.05) is 0 Å². The van der Waals surface area contributed by atoms with E-state index < -0.39 is 7.26 Å². The van der Waals surface area contributed by atoms with Gasteiger partial charge in [0.25, 0.3) is 0 Å². The van der Waals surface area contributed by atoms with E-state index in [4.69, 9.17) is 0 Å². The van der Waals surface area contributed by atoms with E-state index in [0.717, 1.165) is 0 Å². The van der Waals surface area contributed by atoms with Crippen molar-refractivity contribution in [3.8, 4) is 0 Å². The molecule has 0 radical (unpaired) electrons. The molecule has 0 bridgehead atoms. The second kappa shape index (κ2) is 8.45. The van der Waals surface area contributed by atoms with Crippen LogP contribution in [0.3, 0.4) is 0 Å². The van der Waals surface area contributed by atoms with Crippen molar-refractivity contribution in [1.82, 2.24) is 0 Å². The van der Waals surface area contributed by atoms with Crippen molar-refractivity contribution in [2.75, 3.05) is 0 Å². The average Bonchev–Trinajstić information content (AvgIpc) is 2.69. The zero-order valence-corrected chi connectivity index (χ0v) is 16.4. The van der Waals surface area contributed by atoms with Crippen molar-refractivity contribution < 1.29 is 0 Å². The van der Waals surface area contributed by atoms with Gasteiger partial charge >= 0.3 is 153 Å². The summed E-state index contributed by atoms with van der Waals surface area (Å²) in [4.78, 5) is 0. The minimum absolute atomic E-state index is 0.652. The Labute approximate surface area is 153 Å². The summed E-state index contributed by atoms with van der Waals surface area (Å²) in [7, 11) is -2.06. The first-order valence-corrected chi connectivity index (χ1v) is 11.5. The van der Waals surface area contributed by atoms with Gasteiger partial charge in [-0.25, -0.2) is 0 Å². The zero-order chi connectivity index (χ0) is 17.5. The molecular weight excluding hydrogens is 319 g/mol. The Morgan fingerprint density at radius 1 is 0.640 bits per heavy atom. The molecule has 0 aliphatic carbocycles. The number of hydrogen-bond donors (Lipinski definition) is 0. The van der Waals surface area contributed by atoms with Gasteiger partial charge in [0.05, 0.1) is 0 Å². The first kappa shape index (κ1) is 17.9. The van der Waals surface area contributed by atoms with Gasteiger partial charge in [0.2, 0.25) is 0 Å². The van der Waals surface area contributed by atoms with Crippen molar-refractivity contribution in [1.29, 1.82) is 0 Å². The van der Waals surface area contributed by atoms with E-state index in [-0.39, 0.29) is 0 Å². The molecule has 0 N–H and O–H groups in total. The average molecular weight is 348 g/mol. The molecule has 0 saturated carbocycles. The predicted molar refractivity (Wildman–Crippen MR) is 116 cm³/mol. The summed E-state index contributed by atoms with van der Waals surface area (Å²) in [5.41, 5.74) is 0.652. The molecule has 3 aromatic rings. The van der Waals surface area contributed by atoms with Crippen molar-refractivity contribution in [2.45, 2.75) is 38.8 Å². The van der Waals surface area contributed by atoms with Gasteiger partial charge in [0.1, 0.15) is 0 Å². The molecule has 0 saturated heterocycles. The fourth-order valence-corrected chi connectivity index (χ4v) is 9.68. The Bertz CT molecular complexity index is 653. The molecule has 130 valence electrons. The zero-order valence-electron chi connectivity index (χ0n) is 15.4. The molecule has 0 spiro atoms. The Kier molecular flexibility index (Phi) is 6.05. The van der Waals surface area contributed by atoms with Gasteiger partial charge in [0.15, 0.2) is 0 Å². The van der Waals surface area contributed by atoms with Crippen molar-refractivity contribution in [3.05, 3.63) is 91.0 Å². The van der Waals surface area contributed by atoms with Crippen molar-refractivity contribution in [3.63, 3.8) is 0 Å². The standard InChI is InChI=1S/C24H29P/c1-3-4-14-21(2)25(22-15-8-5-9-16-22,23-17-10-6-11-18-23)24-19-12-7-13-20-24/h5-13,15-21,25H,3-4,14H2,1-2H3. The molecule has 0 aliphatic heterocycles. The molecule has 1 unspecified atom stereocenters. The topological polar surface area (TPSA) is 0 Å². The van der Waals surface area contributed by atoms with Crippen LogP contribution in [0.4, 0.5) is 0 Å². The predicted octanol–water partition coefficient (Wildman–Crippen LogP) is 5.29. The molecule has 0 amide bonds. The summed E-state index contributed by atoms with van der Waals surface area (Å²) in [5.74, 6) is 0. The number of benzene rings is 3. The Balaban J connectivity index is 2.28. The van der Waals surface area contributed by atoms with E-state index in [9.17, 15) is 0 Å². The molecule has 0 heterocycles.